The predicted octanol–water partition coefficient (Wildman–Crippen LogP) is 6.46. The second kappa shape index (κ2) is 11.2. The molecule has 0 atom stereocenters. The SMILES string of the molecule is c1ccc2c(c1)C1=NC/2=N\c2c3ccccc3c3n2B(OB2n4c5c6ccccc6c4/N=C4N=C(/N=c6/c7ccccc7c(n62)=N5)c2ccccc2\4)n2c(c4ccccc4/c2=N/1)=N3. The third kappa shape index (κ3) is 3.94. The molecule has 0 radical (unpaired) electrons. The van der Waals surface area contributed by atoms with Crippen LogP contribution in [0.4, 0.5) is 23.3 Å². The van der Waals surface area contributed by atoms with Crippen molar-refractivity contribution in [3.8, 4) is 0 Å². The lowest BCUT2D eigenvalue weighted by molar-refractivity contribution is 0.507. The standard InChI is InChI=1S/C48H24B2N12O/c1-2-14-26-25(13-1)37-51-38(26)54-42-30-18-6-10-22-34(30)46-57-45-33-21-9-5-17-29(33)41(53-37)59(45)49(60(42)46)63-50-61-43-31-19-7-11-23-35(31)47(61)58-48-36-24-12-8-20-32(36)44(62(48)50)56-40-28-16-4-3-15-27(28)39(52-40)55-43/h1-24H/b53-37-,53-41?,54-38?,54-42-,55-39-,55-43?,56-40?,56-44-. The van der Waals surface area contributed by atoms with Gasteiger partial charge in [-0.05, 0) is 0 Å². The highest BCUT2D eigenvalue weighted by Crippen LogP contribution is 2.44. The van der Waals surface area contributed by atoms with Crippen molar-refractivity contribution in [1.29, 1.82) is 0 Å². The Kier molecular flexibility index (Phi) is 5.75. The van der Waals surface area contributed by atoms with Gasteiger partial charge in [0.2, 0.25) is 0 Å². The van der Waals surface area contributed by atoms with Crippen LogP contribution in [-0.2, 0) is 4.57 Å². The molecule has 6 aliphatic rings. The number of nitrogens with zero attached hydrogens (tertiary/aromatic N) is 12. The number of fused-ring (bicyclic) bond motifs is 20. The van der Waals surface area contributed by atoms with E-state index in [1.165, 1.54) is 0 Å². The molecule has 16 rings (SSSR count). The molecule has 13 nitrogen and oxygen atoms in total. The maximum atomic E-state index is 7.99. The minimum absolute atomic E-state index is 0.579. The molecule has 6 aromatic carbocycles. The first-order valence-corrected chi connectivity index (χ1v) is 20.8. The first kappa shape index (κ1) is 32.3. The second-order valence-corrected chi connectivity index (χ2v) is 16.3. The van der Waals surface area contributed by atoms with Crippen molar-refractivity contribution in [3.05, 3.63) is 190 Å². The summed E-state index contributed by atoms with van der Waals surface area (Å²) in [7, 11) is -1.79. The van der Waals surface area contributed by atoms with E-state index in [4.69, 9.17) is 44.5 Å². The Hall–Kier alpha value is -8.55. The average molecular weight is 806 g/mol. The Labute approximate surface area is 355 Å². The minimum atomic E-state index is -0.894. The van der Waals surface area contributed by atoms with Crippen molar-refractivity contribution in [2.75, 3.05) is 0 Å². The first-order chi connectivity index (χ1) is 31.2. The van der Waals surface area contributed by atoms with Crippen molar-refractivity contribution >= 4 is 104 Å². The molecule has 0 unspecified atom stereocenters. The number of aromatic nitrogens is 4. The Morgan fingerprint density at radius 1 is 0.270 bits per heavy atom. The topological polar surface area (TPSA) is 128 Å². The fourth-order valence-corrected chi connectivity index (χ4v) is 10.4. The van der Waals surface area contributed by atoms with Crippen molar-refractivity contribution in [3.63, 3.8) is 0 Å². The number of rotatable bonds is 2. The molecule has 0 saturated carbocycles. The van der Waals surface area contributed by atoms with Gasteiger partial charge in [-0.3, -0.25) is 0 Å². The van der Waals surface area contributed by atoms with Crippen LogP contribution < -0.4 is 22.0 Å². The van der Waals surface area contributed by atoms with E-state index in [0.717, 1.165) is 88.0 Å². The van der Waals surface area contributed by atoms with Gasteiger partial charge in [0.25, 0.3) is 0 Å². The Morgan fingerprint density at radius 2 is 0.540 bits per heavy atom. The number of hydrogen-bond donors (Lipinski definition) is 0. The van der Waals surface area contributed by atoms with Gasteiger partial charge in [0.1, 0.15) is 45.2 Å². The molecular weight excluding hydrogens is 782 g/mol. The number of aliphatic imine (C=N–C) groups is 4. The highest BCUT2D eigenvalue weighted by atomic mass is 16.4. The zero-order valence-corrected chi connectivity index (χ0v) is 32.8. The zero-order valence-electron chi connectivity index (χ0n) is 32.8. The first-order valence-electron chi connectivity index (χ1n) is 20.8. The summed E-state index contributed by atoms with van der Waals surface area (Å²) >= 11 is 0. The lowest BCUT2D eigenvalue weighted by Gasteiger charge is -2.29. The third-order valence-electron chi connectivity index (χ3n) is 13.1. The highest BCUT2D eigenvalue weighted by molar-refractivity contribution is 6.65. The summed E-state index contributed by atoms with van der Waals surface area (Å²) in [6.07, 6.45) is 0. The van der Waals surface area contributed by atoms with Crippen LogP contribution in [0.3, 0.4) is 0 Å². The van der Waals surface area contributed by atoms with Crippen LogP contribution in [0, 0.1) is 0 Å². The molecule has 10 aromatic rings. The number of amidine groups is 4. The maximum Gasteiger partial charge on any atom is 0.550 e. The van der Waals surface area contributed by atoms with Crippen LogP contribution in [0.2, 0.25) is 0 Å². The van der Waals surface area contributed by atoms with Gasteiger partial charge in [0.15, 0.2) is 23.3 Å². The van der Waals surface area contributed by atoms with E-state index in [2.05, 4.69) is 90.7 Å². The molecule has 0 fully saturated rings. The van der Waals surface area contributed by atoms with Crippen molar-refractivity contribution < 1.29 is 4.57 Å². The Bertz CT molecular complexity index is 4010. The van der Waals surface area contributed by atoms with E-state index in [-0.39, 0.29) is 0 Å². The van der Waals surface area contributed by atoms with E-state index < -0.39 is 14.4 Å². The summed E-state index contributed by atoms with van der Waals surface area (Å²) in [6, 6.07) is 49.5. The lowest BCUT2D eigenvalue weighted by atomic mass is 9.88. The van der Waals surface area contributed by atoms with Crippen LogP contribution in [0.15, 0.2) is 186 Å². The van der Waals surface area contributed by atoms with Gasteiger partial charge in [-0.15, -0.1) is 0 Å². The smallest absolute Gasteiger partial charge is 0.422 e. The van der Waals surface area contributed by atoms with Gasteiger partial charge in [-0.25, -0.2) is 39.9 Å². The summed E-state index contributed by atoms with van der Waals surface area (Å²) in [5.74, 6) is 5.10. The summed E-state index contributed by atoms with van der Waals surface area (Å²) in [4.78, 5) is 43.0. The second-order valence-electron chi connectivity index (χ2n) is 16.3. The van der Waals surface area contributed by atoms with Crippen molar-refractivity contribution in [2.45, 2.75) is 0 Å². The molecule has 0 amide bonds. The fraction of sp³-hybridized carbons (Fsp3) is 0. The molecular formula is C48H24B2N12O. The summed E-state index contributed by atoms with van der Waals surface area (Å²) in [6.45, 7) is 0. The molecule has 6 aliphatic heterocycles. The summed E-state index contributed by atoms with van der Waals surface area (Å²) in [5, 5.41) is 7.48. The third-order valence-corrected chi connectivity index (χ3v) is 13.1. The normalized spacial score (nSPS) is 18.3. The van der Waals surface area contributed by atoms with E-state index >= 15 is 0 Å². The monoisotopic (exact) mass is 806 g/mol. The Balaban J connectivity index is 1.08. The summed E-state index contributed by atoms with van der Waals surface area (Å²) in [5.41, 5.74) is 6.44. The molecule has 8 bridgehead atoms. The lowest BCUT2D eigenvalue weighted by Crippen LogP contribution is -2.59. The number of hydrogen-bond acceptors (Lipinski definition) is 9. The maximum absolute atomic E-state index is 7.99. The largest absolute Gasteiger partial charge is 0.550 e. The highest BCUT2D eigenvalue weighted by Gasteiger charge is 2.46. The van der Waals surface area contributed by atoms with Gasteiger partial charge in [-0.2, -0.15) is 0 Å². The quantitative estimate of drug-likeness (QED) is 0.183. The van der Waals surface area contributed by atoms with Crippen LogP contribution in [0.5, 0.6) is 0 Å². The van der Waals surface area contributed by atoms with Crippen LogP contribution in [0.1, 0.15) is 22.3 Å². The molecule has 288 valence electrons. The molecule has 0 saturated heterocycles. The van der Waals surface area contributed by atoms with Crippen LogP contribution in [-0.4, -0.2) is 55.6 Å². The van der Waals surface area contributed by atoms with Gasteiger partial charge in [0.05, 0.1) is 0 Å². The van der Waals surface area contributed by atoms with Gasteiger partial charge < -0.3 is 22.5 Å². The molecule has 0 aliphatic carbocycles. The molecule has 0 N–H and O–H groups in total. The van der Waals surface area contributed by atoms with E-state index in [9.17, 15) is 0 Å². The molecule has 4 aromatic heterocycles. The van der Waals surface area contributed by atoms with Crippen LogP contribution in [0.25, 0.3) is 43.1 Å². The molecule has 15 heteroatoms. The van der Waals surface area contributed by atoms with Crippen molar-refractivity contribution in [2.24, 2.45) is 39.9 Å². The molecule has 0 spiro atoms. The van der Waals surface area contributed by atoms with Crippen LogP contribution >= 0.6 is 0 Å². The van der Waals surface area contributed by atoms with Gasteiger partial charge >= 0.3 is 14.4 Å². The fourth-order valence-electron chi connectivity index (χ4n) is 10.4. The average Bonchev–Trinajstić information content (AvgIpc) is 4.16. The zero-order chi connectivity index (χ0) is 40.7. The molecule has 63 heavy (non-hydrogen) atoms. The summed E-state index contributed by atoms with van der Waals surface area (Å²) < 4.78 is 16.4. The Morgan fingerprint density at radius 3 is 0.889 bits per heavy atom. The van der Waals surface area contributed by atoms with E-state index in [1.54, 1.807) is 0 Å². The van der Waals surface area contributed by atoms with Gasteiger partial charge in [0, 0.05) is 65.3 Å². The molecule has 10 heterocycles. The predicted molar refractivity (Wildman–Crippen MR) is 244 cm³/mol. The number of benzene rings is 6. The minimum Gasteiger partial charge on any atom is -0.422 e. The van der Waals surface area contributed by atoms with Crippen molar-refractivity contribution in [1.82, 2.24) is 17.9 Å². The van der Waals surface area contributed by atoms with E-state index in [0.29, 0.717) is 46.0 Å². The van der Waals surface area contributed by atoms with E-state index in [1.807, 2.05) is 72.8 Å². The van der Waals surface area contributed by atoms with Gasteiger partial charge in [-0.1, -0.05) is 146 Å².